The number of carboxylic acid groups (broad SMARTS) is 1. The molecule has 14 heteroatoms. The van der Waals surface area contributed by atoms with Crippen LogP contribution in [0.4, 0.5) is 0 Å². The lowest BCUT2D eigenvalue weighted by molar-refractivity contribution is -0.141. The minimum absolute atomic E-state index is 0.0218. The number of amides is 1. The number of aliphatic carboxylic acids is 1. The van der Waals surface area contributed by atoms with Gasteiger partial charge in [0, 0.05) is 16.1 Å². The van der Waals surface area contributed by atoms with Crippen LogP contribution in [0.5, 0.6) is 17.2 Å². The Morgan fingerprint density at radius 1 is 0.857 bits per heavy atom. The first-order chi connectivity index (χ1) is 20.0. The number of nitrogens with one attached hydrogen (secondary N) is 1. The van der Waals surface area contributed by atoms with Crippen LogP contribution in [0.3, 0.4) is 0 Å². The zero-order valence-electron chi connectivity index (χ0n) is 22.0. The third kappa shape index (κ3) is 7.62. The molecule has 2 heterocycles. The van der Waals surface area contributed by atoms with Crippen LogP contribution in [0, 0.1) is 6.92 Å². The van der Waals surface area contributed by atoms with Gasteiger partial charge in [-0.25, -0.2) is 14.4 Å². The average molecular weight is 609 g/mol. The summed E-state index contributed by atoms with van der Waals surface area (Å²) in [5.41, 5.74) is 1.10. The summed E-state index contributed by atoms with van der Waals surface area (Å²) in [6.07, 6.45) is -0.332. The van der Waals surface area contributed by atoms with Crippen molar-refractivity contribution in [1.29, 1.82) is 0 Å². The third-order valence-electron chi connectivity index (χ3n) is 6.02. The van der Waals surface area contributed by atoms with E-state index in [9.17, 15) is 39.4 Å². The van der Waals surface area contributed by atoms with Crippen LogP contribution in [-0.4, -0.2) is 57.2 Å². The molecule has 216 valence electrons. The summed E-state index contributed by atoms with van der Waals surface area (Å²) in [5, 5.41) is 43.8. The molecule has 0 unspecified atom stereocenters. The van der Waals surface area contributed by atoms with Crippen molar-refractivity contribution >= 4 is 58.4 Å². The number of carbonyl (C=O) groups is 4. The van der Waals surface area contributed by atoms with Gasteiger partial charge in [-0.2, -0.15) is 11.3 Å². The molecule has 0 aliphatic heterocycles. The Morgan fingerprint density at radius 2 is 1.48 bits per heavy atom. The molecule has 2 aromatic heterocycles. The number of ether oxygens (including phenoxy) is 2. The Kier molecular flexibility index (Phi) is 9.75. The number of esters is 2. The molecule has 11 nitrogen and oxygen atoms in total. The van der Waals surface area contributed by atoms with E-state index in [-0.39, 0.29) is 40.4 Å². The molecule has 4 aromatic rings. The molecule has 0 saturated carbocycles. The maximum absolute atomic E-state index is 12.9. The van der Waals surface area contributed by atoms with Crippen LogP contribution in [0.15, 0.2) is 65.4 Å². The van der Waals surface area contributed by atoms with Gasteiger partial charge in [0.25, 0.3) is 0 Å². The highest BCUT2D eigenvalue weighted by Gasteiger charge is 2.26. The Bertz CT molecular complexity index is 1610. The van der Waals surface area contributed by atoms with E-state index < -0.39 is 37.0 Å². The zero-order valence-corrected chi connectivity index (χ0v) is 23.6. The second-order valence-electron chi connectivity index (χ2n) is 9.03. The van der Waals surface area contributed by atoms with E-state index in [1.165, 1.54) is 53.1 Å². The fraction of sp³-hybridized carbons (Fsp3) is 0.143. The lowest BCUT2D eigenvalue weighted by Gasteiger charge is -2.16. The van der Waals surface area contributed by atoms with Crippen LogP contribution in [0.2, 0.25) is 0 Å². The number of carbonyl (C=O) groups excluding carboxylic acids is 3. The van der Waals surface area contributed by atoms with Crippen LogP contribution in [0.25, 0.3) is 0 Å². The molecule has 0 aliphatic carbocycles. The molecule has 0 fully saturated rings. The van der Waals surface area contributed by atoms with Crippen LogP contribution in [-0.2, 0) is 22.4 Å². The van der Waals surface area contributed by atoms with E-state index in [0.29, 0.717) is 21.6 Å². The lowest BCUT2D eigenvalue weighted by Crippen LogP contribution is -2.43. The molecule has 1 atom stereocenters. The maximum atomic E-state index is 12.9. The topological polar surface area (TPSA) is 180 Å². The molecule has 1 amide bonds. The maximum Gasteiger partial charge on any atom is 0.499 e. The van der Waals surface area contributed by atoms with Crippen LogP contribution < -0.4 is 19.6 Å². The van der Waals surface area contributed by atoms with Crippen LogP contribution in [0.1, 0.15) is 36.7 Å². The summed E-state index contributed by atoms with van der Waals surface area (Å²) in [6.45, 7) is 1.74. The summed E-state index contributed by atoms with van der Waals surface area (Å²) in [4.78, 5) is 51.0. The van der Waals surface area contributed by atoms with Gasteiger partial charge in [0.15, 0.2) is 11.5 Å². The van der Waals surface area contributed by atoms with Gasteiger partial charge in [0.05, 0.1) is 17.5 Å². The Morgan fingerprint density at radius 3 is 2.12 bits per heavy atom. The highest BCUT2D eigenvalue weighted by molar-refractivity contribution is 7.21. The van der Waals surface area contributed by atoms with Crippen molar-refractivity contribution in [2.75, 3.05) is 0 Å². The van der Waals surface area contributed by atoms with Gasteiger partial charge in [0.2, 0.25) is 5.91 Å². The molecule has 42 heavy (non-hydrogen) atoms. The minimum atomic E-state index is -1.91. The van der Waals surface area contributed by atoms with Crippen LogP contribution >= 0.6 is 22.7 Å². The van der Waals surface area contributed by atoms with E-state index in [4.69, 9.17) is 9.47 Å². The number of rotatable bonds is 11. The molecule has 0 radical (unpaired) electrons. The Balaban J connectivity index is 1.55. The van der Waals surface area contributed by atoms with Crippen molar-refractivity contribution in [3.05, 3.63) is 92.5 Å². The number of thiophene rings is 2. The molecular weight excluding hydrogens is 585 g/mol. The Hall–Kier alpha value is -4.50. The van der Waals surface area contributed by atoms with Gasteiger partial charge in [-0.05, 0) is 65.2 Å². The molecule has 4 rings (SSSR count). The van der Waals surface area contributed by atoms with Gasteiger partial charge < -0.3 is 35.1 Å². The van der Waals surface area contributed by atoms with E-state index in [2.05, 4.69) is 5.32 Å². The summed E-state index contributed by atoms with van der Waals surface area (Å²) >= 11 is 2.28. The summed E-state index contributed by atoms with van der Waals surface area (Å²) < 4.78 is 10.9. The quantitative estimate of drug-likeness (QED) is 0.0962. The summed E-state index contributed by atoms with van der Waals surface area (Å²) in [6, 6.07) is 11.7. The Labute approximate surface area is 247 Å². The fourth-order valence-electron chi connectivity index (χ4n) is 3.92. The molecule has 0 spiro atoms. The van der Waals surface area contributed by atoms with Crippen molar-refractivity contribution in [2.24, 2.45) is 0 Å². The highest BCUT2D eigenvalue weighted by atomic mass is 32.1. The number of hydrogen-bond donors (Lipinski definition) is 5. The predicted octanol–water partition coefficient (Wildman–Crippen LogP) is 2.30. The molecule has 2 aromatic carbocycles. The van der Waals surface area contributed by atoms with E-state index >= 15 is 0 Å². The van der Waals surface area contributed by atoms with Crippen molar-refractivity contribution in [3.8, 4) is 17.2 Å². The normalized spacial score (nSPS) is 11.4. The first-order valence-electron chi connectivity index (χ1n) is 12.4. The van der Waals surface area contributed by atoms with Gasteiger partial charge in [0.1, 0.15) is 11.8 Å². The third-order valence-corrected chi connectivity index (χ3v) is 7.82. The average Bonchev–Trinajstić information content (AvgIpc) is 3.60. The number of aromatic hydroxyl groups is 1. The molecule has 0 saturated heterocycles. The molecule has 5 N–H and O–H groups in total. The molecule has 0 bridgehead atoms. The van der Waals surface area contributed by atoms with Crippen molar-refractivity contribution in [3.63, 3.8) is 0 Å². The second kappa shape index (κ2) is 13.4. The largest absolute Gasteiger partial charge is 0.508 e. The number of phenolic OH excluding ortho intramolecular Hbond substituents is 1. The van der Waals surface area contributed by atoms with E-state index in [1.54, 1.807) is 30.5 Å². The number of carboxylic acids is 1. The standard InChI is InChI=1S/C28H24BNO10S2/c1-15-19(8-10-41-15)27(35)39-22-7-4-17(13-23(22)40-28(36)20-9-11-42-25(20)29(37)38)14-24(32)30-21(26(33)34)12-16-2-5-18(31)6-3-16/h2-11,13,21,31,37-38H,12,14H2,1H3,(H,30,32)(H,33,34)/t21-/m0/s1. The number of phenols is 1. The van der Waals surface area contributed by atoms with E-state index in [1.807, 2.05) is 0 Å². The number of hydrogen-bond acceptors (Lipinski definition) is 11. The number of benzene rings is 2. The minimum Gasteiger partial charge on any atom is -0.508 e. The SMILES string of the molecule is Cc1sccc1C(=O)Oc1ccc(CC(=O)N[C@@H](Cc2ccc(O)cc2)C(=O)O)cc1OC(=O)c1ccsc1B(O)O. The molecular formula is C28H24BNO10S2. The summed E-state index contributed by atoms with van der Waals surface area (Å²) in [5.74, 6) is -3.86. The predicted molar refractivity (Wildman–Crippen MR) is 155 cm³/mol. The van der Waals surface area contributed by atoms with Gasteiger partial charge in [-0.3, -0.25) is 4.79 Å². The molecule has 0 aliphatic rings. The fourth-order valence-corrected chi connectivity index (χ4v) is 5.36. The van der Waals surface area contributed by atoms with E-state index in [0.717, 1.165) is 11.3 Å². The first kappa shape index (κ1) is 30.5. The van der Waals surface area contributed by atoms with Gasteiger partial charge in [-0.15, -0.1) is 11.3 Å². The zero-order chi connectivity index (χ0) is 30.4. The van der Waals surface area contributed by atoms with Gasteiger partial charge in [-0.1, -0.05) is 18.2 Å². The smallest absolute Gasteiger partial charge is 0.499 e. The second-order valence-corrected chi connectivity index (χ2v) is 11.1. The van der Waals surface area contributed by atoms with Gasteiger partial charge >= 0.3 is 25.0 Å². The van der Waals surface area contributed by atoms with Crippen molar-refractivity contribution < 1.29 is 48.9 Å². The first-order valence-corrected chi connectivity index (χ1v) is 14.1. The monoisotopic (exact) mass is 609 g/mol. The van der Waals surface area contributed by atoms with Crippen molar-refractivity contribution in [1.82, 2.24) is 5.32 Å². The number of aryl methyl sites for hydroxylation is 1. The summed E-state index contributed by atoms with van der Waals surface area (Å²) in [7, 11) is -1.91. The highest BCUT2D eigenvalue weighted by Crippen LogP contribution is 2.31. The lowest BCUT2D eigenvalue weighted by atomic mass is 9.86. The van der Waals surface area contributed by atoms with Crippen molar-refractivity contribution in [2.45, 2.75) is 25.8 Å².